The maximum absolute atomic E-state index is 12.3. The van der Waals surface area contributed by atoms with Crippen LogP contribution < -0.4 is 11.0 Å². The molecule has 6 heteroatoms. The van der Waals surface area contributed by atoms with Gasteiger partial charge in [-0.1, -0.05) is 29.8 Å². The van der Waals surface area contributed by atoms with Gasteiger partial charge >= 0.3 is 5.69 Å². The highest BCUT2D eigenvalue weighted by Crippen LogP contribution is 2.12. The second-order valence-electron chi connectivity index (χ2n) is 5.25. The van der Waals surface area contributed by atoms with Crippen molar-refractivity contribution < 1.29 is 4.79 Å². The summed E-state index contributed by atoms with van der Waals surface area (Å²) in [6.07, 6.45) is 0. The summed E-state index contributed by atoms with van der Waals surface area (Å²) in [5.74, 6) is -0.208. The summed E-state index contributed by atoms with van der Waals surface area (Å²) in [6, 6.07) is 14.3. The molecule has 0 spiro atoms. The molecule has 0 aliphatic carbocycles. The van der Waals surface area contributed by atoms with E-state index < -0.39 is 0 Å². The molecule has 0 aliphatic heterocycles. The molecule has 1 N–H and O–H groups in total. The Morgan fingerprint density at radius 2 is 1.87 bits per heavy atom. The van der Waals surface area contributed by atoms with Crippen LogP contribution in [0.3, 0.4) is 0 Å². The number of benzene rings is 2. The summed E-state index contributed by atoms with van der Waals surface area (Å²) >= 11 is 5.88. The molecule has 3 rings (SSSR count). The number of para-hydroxylation sites is 2. The maximum atomic E-state index is 12.3. The van der Waals surface area contributed by atoms with Gasteiger partial charge in [0.1, 0.15) is 0 Å². The summed E-state index contributed by atoms with van der Waals surface area (Å²) < 4.78 is 3.27. The standard InChI is InChI=1S/C17H16ClN3O2/c1-20-14-7-2-3-8-15(14)21(17(20)23)10-9-19-16(22)12-5-4-6-13(18)11-12/h2-8,11H,9-10H2,1H3,(H,19,22). The van der Waals surface area contributed by atoms with Gasteiger partial charge in [-0.25, -0.2) is 4.79 Å². The van der Waals surface area contributed by atoms with Gasteiger partial charge in [-0.2, -0.15) is 0 Å². The number of halogens is 1. The molecule has 1 aromatic heterocycles. The van der Waals surface area contributed by atoms with Crippen molar-refractivity contribution in [2.24, 2.45) is 7.05 Å². The van der Waals surface area contributed by atoms with Crippen LogP contribution in [-0.2, 0) is 13.6 Å². The Bertz CT molecular complexity index is 927. The number of hydrogen-bond donors (Lipinski definition) is 1. The molecule has 0 atom stereocenters. The molecule has 3 aromatic rings. The van der Waals surface area contributed by atoms with E-state index in [4.69, 9.17) is 11.6 Å². The van der Waals surface area contributed by atoms with Gasteiger partial charge in [0.05, 0.1) is 11.0 Å². The van der Waals surface area contributed by atoms with Crippen molar-refractivity contribution in [3.63, 3.8) is 0 Å². The van der Waals surface area contributed by atoms with E-state index >= 15 is 0 Å². The summed E-state index contributed by atoms with van der Waals surface area (Å²) in [5, 5.41) is 3.33. The van der Waals surface area contributed by atoms with Crippen LogP contribution in [0.2, 0.25) is 5.02 Å². The fraction of sp³-hybridized carbons (Fsp3) is 0.176. The highest BCUT2D eigenvalue weighted by Gasteiger charge is 2.10. The lowest BCUT2D eigenvalue weighted by Crippen LogP contribution is -2.31. The summed E-state index contributed by atoms with van der Waals surface area (Å²) in [7, 11) is 1.74. The van der Waals surface area contributed by atoms with Crippen LogP contribution in [0.15, 0.2) is 53.3 Å². The molecule has 0 radical (unpaired) electrons. The third-order valence-corrected chi connectivity index (χ3v) is 3.99. The Hall–Kier alpha value is -2.53. The van der Waals surface area contributed by atoms with Gasteiger partial charge in [-0.05, 0) is 30.3 Å². The smallest absolute Gasteiger partial charge is 0.328 e. The fourth-order valence-corrected chi connectivity index (χ4v) is 2.78. The first-order chi connectivity index (χ1) is 11.1. The van der Waals surface area contributed by atoms with Crippen LogP contribution in [0, 0.1) is 0 Å². The number of nitrogens with one attached hydrogen (secondary N) is 1. The number of carbonyl (C=O) groups excluding carboxylic acids is 1. The number of aromatic nitrogens is 2. The minimum absolute atomic E-state index is 0.0943. The van der Waals surface area contributed by atoms with Gasteiger partial charge < -0.3 is 5.32 Å². The largest absolute Gasteiger partial charge is 0.350 e. The predicted molar refractivity (Wildman–Crippen MR) is 91.0 cm³/mol. The Labute approximate surface area is 138 Å². The highest BCUT2D eigenvalue weighted by atomic mass is 35.5. The van der Waals surface area contributed by atoms with Crippen molar-refractivity contribution in [2.45, 2.75) is 6.54 Å². The van der Waals surface area contributed by atoms with E-state index in [1.165, 1.54) is 0 Å². The minimum Gasteiger partial charge on any atom is -0.350 e. The van der Waals surface area contributed by atoms with Crippen molar-refractivity contribution in [1.29, 1.82) is 0 Å². The molecule has 0 saturated heterocycles. The molecule has 0 unspecified atom stereocenters. The molecule has 0 fully saturated rings. The van der Waals surface area contributed by atoms with Crippen molar-refractivity contribution in [3.05, 3.63) is 69.6 Å². The van der Waals surface area contributed by atoms with Gasteiger partial charge in [-0.3, -0.25) is 13.9 Å². The van der Waals surface area contributed by atoms with Crippen LogP contribution in [-0.4, -0.2) is 21.6 Å². The lowest BCUT2D eigenvalue weighted by Gasteiger charge is -2.06. The first-order valence-corrected chi connectivity index (χ1v) is 7.64. The van der Waals surface area contributed by atoms with Crippen LogP contribution in [0.5, 0.6) is 0 Å². The monoisotopic (exact) mass is 329 g/mol. The van der Waals surface area contributed by atoms with Gasteiger partial charge in [0.15, 0.2) is 0 Å². The van der Waals surface area contributed by atoms with E-state index in [9.17, 15) is 9.59 Å². The van der Waals surface area contributed by atoms with Crippen LogP contribution >= 0.6 is 11.6 Å². The number of aryl methyl sites for hydroxylation is 1. The summed E-state index contributed by atoms with van der Waals surface area (Å²) in [5.41, 5.74) is 2.14. The molecule has 1 heterocycles. The number of rotatable bonds is 4. The van der Waals surface area contributed by atoms with Gasteiger partial charge in [0, 0.05) is 30.7 Å². The molecular formula is C17H16ClN3O2. The first-order valence-electron chi connectivity index (χ1n) is 7.26. The average Bonchev–Trinajstić information content (AvgIpc) is 2.80. The number of nitrogens with zero attached hydrogens (tertiary/aromatic N) is 2. The molecule has 0 bridgehead atoms. The van der Waals surface area contributed by atoms with E-state index in [0.29, 0.717) is 23.7 Å². The first kappa shape index (κ1) is 15.4. The molecule has 23 heavy (non-hydrogen) atoms. The summed E-state index contributed by atoms with van der Waals surface area (Å²) in [6.45, 7) is 0.770. The van der Waals surface area contributed by atoms with E-state index in [1.807, 2.05) is 24.3 Å². The van der Waals surface area contributed by atoms with Gasteiger partial charge in [0.2, 0.25) is 0 Å². The normalized spacial score (nSPS) is 10.9. The van der Waals surface area contributed by atoms with Crippen LogP contribution in [0.1, 0.15) is 10.4 Å². The molecule has 118 valence electrons. The third kappa shape index (κ3) is 3.00. The maximum Gasteiger partial charge on any atom is 0.328 e. The van der Waals surface area contributed by atoms with Crippen molar-refractivity contribution >= 4 is 28.5 Å². The van der Waals surface area contributed by atoms with E-state index in [-0.39, 0.29) is 11.6 Å². The van der Waals surface area contributed by atoms with Crippen LogP contribution in [0.4, 0.5) is 0 Å². The van der Waals surface area contributed by atoms with Crippen molar-refractivity contribution in [3.8, 4) is 0 Å². The number of carbonyl (C=O) groups is 1. The molecule has 5 nitrogen and oxygen atoms in total. The topological polar surface area (TPSA) is 56.0 Å². The van der Waals surface area contributed by atoms with E-state index in [1.54, 1.807) is 40.4 Å². The Morgan fingerprint density at radius 3 is 2.61 bits per heavy atom. The number of amides is 1. The zero-order chi connectivity index (χ0) is 16.4. The third-order valence-electron chi connectivity index (χ3n) is 3.76. The summed E-state index contributed by atoms with van der Waals surface area (Å²) in [4.78, 5) is 24.4. The van der Waals surface area contributed by atoms with Gasteiger partial charge in [0.25, 0.3) is 5.91 Å². The van der Waals surface area contributed by atoms with E-state index in [0.717, 1.165) is 11.0 Å². The fourth-order valence-electron chi connectivity index (χ4n) is 2.59. The molecule has 0 aliphatic rings. The predicted octanol–water partition coefficient (Wildman–Crippen LogP) is 2.42. The second kappa shape index (κ2) is 6.30. The molecule has 2 aromatic carbocycles. The SMILES string of the molecule is Cn1c(=O)n(CCNC(=O)c2cccc(Cl)c2)c2ccccc21. The highest BCUT2D eigenvalue weighted by molar-refractivity contribution is 6.30. The van der Waals surface area contributed by atoms with Crippen molar-refractivity contribution in [1.82, 2.24) is 14.5 Å². The van der Waals surface area contributed by atoms with Crippen LogP contribution in [0.25, 0.3) is 11.0 Å². The lowest BCUT2D eigenvalue weighted by atomic mass is 10.2. The van der Waals surface area contributed by atoms with Crippen molar-refractivity contribution in [2.75, 3.05) is 6.54 Å². The van der Waals surface area contributed by atoms with E-state index in [2.05, 4.69) is 5.32 Å². The molecule has 0 saturated carbocycles. The Kier molecular flexibility index (Phi) is 4.21. The second-order valence-corrected chi connectivity index (χ2v) is 5.68. The Morgan fingerprint density at radius 1 is 1.13 bits per heavy atom. The Balaban J connectivity index is 1.73. The number of hydrogen-bond acceptors (Lipinski definition) is 2. The molecular weight excluding hydrogens is 314 g/mol. The number of imidazole rings is 1. The van der Waals surface area contributed by atoms with Gasteiger partial charge in [-0.15, -0.1) is 0 Å². The zero-order valence-corrected chi connectivity index (χ0v) is 13.4. The molecule has 1 amide bonds. The lowest BCUT2D eigenvalue weighted by molar-refractivity contribution is 0.0952. The quantitative estimate of drug-likeness (QED) is 0.799. The zero-order valence-electron chi connectivity index (χ0n) is 12.6. The number of fused-ring (bicyclic) bond motifs is 1. The average molecular weight is 330 g/mol. The minimum atomic E-state index is -0.208.